The lowest BCUT2D eigenvalue weighted by Gasteiger charge is -2.08. The van der Waals surface area contributed by atoms with Crippen LogP contribution in [-0.2, 0) is 13.0 Å². The van der Waals surface area contributed by atoms with Gasteiger partial charge < -0.3 is 15.4 Å². The Hall–Kier alpha value is -3.48. The van der Waals surface area contributed by atoms with Crippen LogP contribution in [0.4, 0.5) is 5.95 Å². The molecule has 1 amide bonds. The maximum absolute atomic E-state index is 12.3. The summed E-state index contributed by atoms with van der Waals surface area (Å²) in [5, 5.41) is 5.95. The number of hydrogen-bond acceptors (Lipinski definition) is 6. The van der Waals surface area contributed by atoms with E-state index in [4.69, 9.17) is 4.74 Å². The fourth-order valence-corrected chi connectivity index (χ4v) is 2.48. The van der Waals surface area contributed by atoms with Gasteiger partial charge in [0.15, 0.2) is 0 Å². The van der Waals surface area contributed by atoms with E-state index in [-0.39, 0.29) is 5.91 Å². The Morgan fingerprint density at radius 1 is 1.07 bits per heavy atom. The topological polar surface area (TPSA) is 89.0 Å². The van der Waals surface area contributed by atoms with Crippen LogP contribution < -0.4 is 15.4 Å². The molecule has 0 unspecified atom stereocenters. The summed E-state index contributed by atoms with van der Waals surface area (Å²) in [7, 11) is 1.65. The molecule has 7 heteroatoms. The van der Waals surface area contributed by atoms with Gasteiger partial charge in [-0.05, 0) is 42.3 Å². The van der Waals surface area contributed by atoms with Crippen molar-refractivity contribution in [1.29, 1.82) is 0 Å². The second kappa shape index (κ2) is 9.28. The lowest BCUT2D eigenvalue weighted by atomic mass is 10.1. The second-order valence-electron chi connectivity index (χ2n) is 5.80. The van der Waals surface area contributed by atoms with Gasteiger partial charge >= 0.3 is 0 Å². The molecule has 2 N–H and O–H groups in total. The number of hydrogen-bond donors (Lipinski definition) is 2. The van der Waals surface area contributed by atoms with Crippen LogP contribution in [0.25, 0.3) is 0 Å². The van der Waals surface area contributed by atoms with E-state index in [1.165, 1.54) is 0 Å². The predicted octanol–water partition coefficient (Wildman–Crippen LogP) is 2.46. The average Bonchev–Trinajstić information content (AvgIpc) is 2.73. The molecule has 0 aliphatic heterocycles. The summed E-state index contributed by atoms with van der Waals surface area (Å²) in [5.74, 6) is 0.984. The van der Waals surface area contributed by atoms with Gasteiger partial charge in [-0.3, -0.25) is 9.78 Å². The number of ether oxygens (including phenoxy) is 1. The summed E-state index contributed by atoms with van der Waals surface area (Å²) < 4.78 is 5.22. The molecule has 0 aliphatic rings. The van der Waals surface area contributed by atoms with Gasteiger partial charge in [-0.15, -0.1) is 0 Å². The largest absolute Gasteiger partial charge is 0.497 e. The quantitative estimate of drug-likeness (QED) is 0.639. The minimum absolute atomic E-state index is 0.265. The van der Waals surface area contributed by atoms with Crippen molar-refractivity contribution < 1.29 is 9.53 Å². The number of benzene rings is 1. The van der Waals surface area contributed by atoms with E-state index in [9.17, 15) is 4.79 Å². The fourth-order valence-electron chi connectivity index (χ4n) is 2.48. The zero-order valence-electron chi connectivity index (χ0n) is 15.1. The third kappa shape index (κ3) is 5.50. The second-order valence-corrected chi connectivity index (χ2v) is 5.80. The molecule has 0 aliphatic carbocycles. The first-order valence-electron chi connectivity index (χ1n) is 8.62. The van der Waals surface area contributed by atoms with Gasteiger partial charge in [-0.25, -0.2) is 9.97 Å². The molecule has 1 aromatic carbocycles. The van der Waals surface area contributed by atoms with Crippen LogP contribution in [0.2, 0.25) is 0 Å². The highest BCUT2D eigenvalue weighted by Crippen LogP contribution is 2.13. The van der Waals surface area contributed by atoms with Crippen molar-refractivity contribution in [3.8, 4) is 5.75 Å². The smallest absolute Gasteiger partial charge is 0.270 e. The molecule has 0 saturated heterocycles. The van der Waals surface area contributed by atoms with E-state index in [0.29, 0.717) is 24.7 Å². The minimum Gasteiger partial charge on any atom is -0.497 e. The van der Waals surface area contributed by atoms with E-state index in [0.717, 1.165) is 23.4 Å². The van der Waals surface area contributed by atoms with Crippen molar-refractivity contribution in [3.63, 3.8) is 0 Å². The molecule has 27 heavy (non-hydrogen) atoms. The minimum atomic E-state index is -0.265. The summed E-state index contributed by atoms with van der Waals surface area (Å²) in [4.78, 5) is 24.9. The number of carbonyl (C=O) groups excluding carboxylic acids is 1. The van der Waals surface area contributed by atoms with Crippen LogP contribution in [0.3, 0.4) is 0 Å². The Balaban J connectivity index is 1.52. The van der Waals surface area contributed by atoms with Crippen molar-refractivity contribution in [3.05, 3.63) is 77.9 Å². The van der Waals surface area contributed by atoms with E-state index in [1.807, 2.05) is 42.5 Å². The third-order valence-electron chi connectivity index (χ3n) is 3.88. The molecular weight excluding hydrogens is 342 g/mol. The molecule has 2 heterocycles. The van der Waals surface area contributed by atoms with Crippen LogP contribution in [0, 0.1) is 0 Å². The van der Waals surface area contributed by atoms with E-state index >= 15 is 0 Å². The van der Waals surface area contributed by atoms with Crippen molar-refractivity contribution >= 4 is 11.9 Å². The van der Waals surface area contributed by atoms with Crippen LogP contribution in [0.5, 0.6) is 5.75 Å². The number of carbonyl (C=O) groups is 1. The van der Waals surface area contributed by atoms with Crippen LogP contribution in [0.15, 0.2) is 60.9 Å². The number of methoxy groups -OCH3 is 1. The number of pyridine rings is 1. The first-order valence-corrected chi connectivity index (χ1v) is 8.62. The van der Waals surface area contributed by atoms with Gasteiger partial charge in [0, 0.05) is 18.9 Å². The van der Waals surface area contributed by atoms with E-state index < -0.39 is 0 Å². The summed E-state index contributed by atoms with van der Waals surface area (Å²) in [5.41, 5.74) is 2.24. The van der Waals surface area contributed by atoms with Gasteiger partial charge in [0.1, 0.15) is 11.4 Å². The van der Waals surface area contributed by atoms with Crippen molar-refractivity contribution in [1.82, 2.24) is 20.3 Å². The molecule has 7 nitrogen and oxygen atoms in total. The number of nitrogens with zero attached hydrogens (tertiary/aromatic N) is 3. The Morgan fingerprint density at radius 3 is 2.81 bits per heavy atom. The maximum Gasteiger partial charge on any atom is 0.270 e. The Kier molecular flexibility index (Phi) is 6.30. The van der Waals surface area contributed by atoms with Gasteiger partial charge in [-0.1, -0.05) is 18.2 Å². The number of rotatable bonds is 8. The zero-order valence-corrected chi connectivity index (χ0v) is 15.1. The first kappa shape index (κ1) is 18.3. The van der Waals surface area contributed by atoms with Crippen LogP contribution >= 0.6 is 0 Å². The van der Waals surface area contributed by atoms with Crippen molar-refractivity contribution in [2.24, 2.45) is 0 Å². The van der Waals surface area contributed by atoms with Gasteiger partial charge in [0.2, 0.25) is 5.95 Å². The standard InChI is InChI=1S/C20H21N5O2/c1-27-17-7-4-5-15(13-17)8-11-22-20-23-12-9-18(25-20)19(26)24-14-16-6-2-3-10-21-16/h2-7,9-10,12-13H,8,11,14H2,1H3,(H,24,26)(H,22,23,25). The normalized spacial score (nSPS) is 10.3. The summed E-state index contributed by atoms with van der Waals surface area (Å²) in [6, 6.07) is 15.0. The maximum atomic E-state index is 12.3. The number of amides is 1. The lowest BCUT2D eigenvalue weighted by Crippen LogP contribution is -2.24. The number of nitrogens with one attached hydrogen (secondary N) is 2. The Labute approximate surface area is 157 Å². The third-order valence-corrected chi connectivity index (χ3v) is 3.88. The van der Waals surface area contributed by atoms with E-state index in [2.05, 4.69) is 25.6 Å². The van der Waals surface area contributed by atoms with Crippen molar-refractivity contribution in [2.45, 2.75) is 13.0 Å². The molecule has 0 bridgehead atoms. The molecule has 2 aromatic heterocycles. The molecule has 0 atom stereocenters. The average molecular weight is 363 g/mol. The highest BCUT2D eigenvalue weighted by atomic mass is 16.5. The molecular formula is C20H21N5O2. The van der Waals surface area contributed by atoms with Crippen LogP contribution in [-0.4, -0.2) is 34.5 Å². The summed E-state index contributed by atoms with van der Waals surface area (Å²) in [6.07, 6.45) is 4.05. The summed E-state index contributed by atoms with van der Waals surface area (Å²) >= 11 is 0. The molecule has 0 saturated carbocycles. The molecule has 0 radical (unpaired) electrons. The first-order chi connectivity index (χ1) is 13.2. The summed E-state index contributed by atoms with van der Waals surface area (Å²) in [6.45, 7) is 0.994. The Bertz CT molecular complexity index is 886. The molecule has 0 fully saturated rings. The number of anilines is 1. The Morgan fingerprint density at radius 2 is 2.00 bits per heavy atom. The highest BCUT2D eigenvalue weighted by Gasteiger charge is 2.09. The van der Waals surface area contributed by atoms with Crippen LogP contribution in [0.1, 0.15) is 21.7 Å². The molecule has 3 aromatic rings. The van der Waals surface area contributed by atoms with Gasteiger partial charge in [-0.2, -0.15) is 0 Å². The molecule has 3 rings (SSSR count). The number of aromatic nitrogens is 3. The lowest BCUT2D eigenvalue weighted by molar-refractivity contribution is 0.0945. The fraction of sp³-hybridized carbons (Fsp3) is 0.200. The predicted molar refractivity (Wildman–Crippen MR) is 103 cm³/mol. The van der Waals surface area contributed by atoms with Gasteiger partial charge in [0.25, 0.3) is 5.91 Å². The van der Waals surface area contributed by atoms with Gasteiger partial charge in [0.05, 0.1) is 19.3 Å². The molecule has 0 spiro atoms. The monoisotopic (exact) mass is 363 g/mol. The highest BCUT2D eigenvalue weighted by molar-refractivity contribution is 5.92. The SMILES string of the molecule is COc1cccc(CCNc2nccc(C(=O)NCc3ccccn3)n2)c1. The molecule has 138 valence electrons. The van der Waals surface area contributed by atoms with E-state index in [1.54, 1.807) is 25.6 Å². The zero-order chi connectivity index (χ0) is 18.9. The van der Waals surface area contributed by atoms with Crippen molar-refractivity contribution in [2.75, 3.05) is 19.0 Å².